The van der Waals surface area contributed by atoms with Crippen molar-refractivity contribution in [1.82, 2.24) is 24.1 Å². The van der Waals surface area contributed by atoms with Crippen molar-refractivity contribution >= 4 is 86.7 Å². The molecule has 0 aliphatic rings. The molecule has 0 amide bonds. The fraction of sp³-hybridized carbons (Fsp3) is 0. The lowest BCUT2D eigenvalue weighted by Gasteiger charge is -2.18. The van der Waals surface area contributed by atoms with Crippen LogP contribution < -0.4 is 0 Å². The Morgan fingerprint density at radius 2 is 0.788 bits per heavy atom. The van der Waals surface area contributed by atoms with Gasteiger partial charge in [0, 0.05) is 49.3 Å². The highest BCUT2D eigenvalue weighted by atomic mass is 15.1. The topological polar surface area (TPSA) is 48.5 Å². The van der Waals surface area contributed by atoms with Crippen LogP contribution >= 0.6 is 0 Å². The quantitative estimate of drug-likeness (QED) is 0.162. The first-order chi connectivity index (χ1) is 32.7. The highest BCUT2D eigenvalue weighted by Crippen LogP contribution is 2.43. The Hall–Kier alpha value is -8.93. The molecular formula is C61H37N5. The summed E-state index contributed by atoms with van der Waals surface area (Å²) in [6.45, 7) is 0. The van der Waals surface area contributed by atoms with Gasteiger partial charge >= 0.3 is 0 Å². The molecule has 0 radical (unpaired) electrons. The third kappa shape index (κ3) is 5.57. The maximum absolute atomic E-state index is 5.42. The van der Waals surface area contributed by atoms with Gasteiger partial charge < -0.3 is 9.13 Å². The smallest absolute Gasteiger partial charge is 0.166 e. The molecule has 0 aliphatic carbocycles. The minimum Gasteiger partial charge on any atom is -0.309 e. The lowest BCUT2D eigenvalue weighted by molar-refractivity contribution is 1.07. The van der Waals surface area contributed by atoms with E-state index in [4.69, 9.17) is 15.0 Å². The Balaban J connectivity index is 1.06. The molecule has 0 fully saturated rings. The molecular weight excluding hydrogens is 803 g/mol. The minimum atomic E-state index is 0.607. The van der Waals surface area contributed by atoms with E-state index in [2.05, 4.69) is 215 Å². The second kappa shape index (κ2) is 14.3. The number of rotatable bonds is 5. The summed E-state index contributed by atoms with van der Waals surface area (Å²) in [5.41, 5.74) is 9.49. The van der Waals surface area contributed by atoms with Crippen molar-refractivity contribution in [3.05, 3.63) is 224 Å². The van der Waals surface area contributed by atoms with E-state index in [1.165, 1.54) is 59.5 Å². The van der Waals surface area contributed by atoms with Gasteiger partial charge in [0.05, 0.1) is 27.8 Å². The van der Waals surface area contributed by atoms with Crippen molar-refractivity contribution in [2.24, 2.45) is 0 Å². The van der Waals surface area contributed by atoms with Crippen LogP contribution in [0.5, 0.6) is 0 Å². The monoisotopic (exact) mass is 839 g/mol. The fourth-order valence-corrected chi connectivity index (χ4v) is 10.4. The van der Waals surface area contributed by atoms with Gasteiger partial charge in [-0.1, -0.05) is 170 Å². The van der Waals surface area contributed by atoms with Crippen LogP contribution in [0.25, 0.3) is 132 Å². The van der Waals surface area contributed by atoms with Crippen LogP contribution in [0.2, 0.25) is 0 Å². The van der Waals surface area contributed by atoms with Gasteiger partial charge in [0.1, 0.15) is 0 Å². The van der Waals surface area contributed by atoms with Gasteiger partial charge in [-0.05, 0) is 92.3 Å². The molecule has 14 rings (SSSR count). The molecule has 3 aromatic heterocycles. The van der Waals surface area contributed by atoms with Crippen LogP contribution in [-0.4, -0.2) is 24.1 Å². The van der Waals surface area contributed by atoms with Crippen LogP contribution in [0.3, 0.4) is 0 Å². The molecule has 11 aromatic carbocycles. The van der Waals surface area contributed by atoms with Gasteiger partial charge in [-0.2, -0.15) is 0 Å². The zero-order chi connectivity index (χ0) is 43.3. The largest absolute Gasteiger partial charge is 0.309 e. The van der Waals surface area contributed by atoms with Crippen molar-refractivity contribution in [3.8, 4) is 45.5 Å². The first-order valence-corrected chi connectivity index (χ1v) is 22.4. The van der Waals surface area contributed by atoms with Crippen molar-refractivity contribution in [3.63, 3.8) is 0 Å². The molecule has 306 valence electrons. The lowest BCUT2D eigenvalue weighted by atomic mass is 10.00. The number of fused-ring (bicyclic) bond motifs is 11. The second-order valence-corrected chi connectivity index (χ2v) is 17.2. The van der Waals surface area contributed by atoms with Crippen LogP contribution in [0.4, 0.5) is 0 Å². The van der Waals surface area contributed by atoms with E-state index in [0.717, 1.165) is 55.3 Å². The summed E-state index contributed by atoms with van der Waals surface area (Å²) in [5.74, 6) is 1.85. The zero-order valence-corrected chi connectivity index (χ0v) is 35.6. The third-order valence-corrected chi connectivity index (χ3v) is 13.5. The average molecular weight is 840 g/mol. The molecule has 0 saturated carbocycles. The van der Waals surface area contributed by atoms with Crippen molar-refractivity contribution in [1.29, 1.82) is 0 Å². The predicted molar refractivity (Wildman–Crippen MR) is 275 cm³/mol. The molecule has 3 heterocycles. The summed E-state index contributed by atoms with van der Waals surface area (Å²) in [7, 11) is 0. The molecule has 0 N–H and O–H groups in total. The Bertz CT molecular complexity index is 4240. The Kier molecular flexibility index (Phi) is 7.91. The molecule has 5 nitrogen and oxygen atoms in total. The zero-order valence-electron chi connectivity index (χ0n) is 35.6. The standard InChI is InChI=1S/C61H37N5/c1-2-16-40(17-3-1)59-62-60(44-29-31-47-43(34-44)27-26-38-14-6-8-20-46(38)47)64-61(63-59)51-32-28-39-15-7-9-21-48(39)58(51)66-56-33-30-45(37-53(56)52-35-41-18-4-5-19-42(41)36-57(52)66)65-54-24-12-10-22-49(54)50-23-11-13-25-55(50)65/h1-37H. The van der Waals surface area contributed by atoms with Crippen molar-refractivity contribution < 1.29 is 0 Å². The van der Waals surface area contributed by atoms with Gasteiger partial charge in [0.15, 0.2) is 17.5 Å². The van der Waals surface area contributed by atoms with Crippen LogP contribution in [-0.2, 0) is 0 Å². The summed E-state index contributed by atoms with van der Waals surface area (Å²) in [6.07, 6.45) is 0. The summed E-state index contributed by atoms with van der Waals surface area (Å²) >= 11 is 0. The first kappa shape index (κ1) is 36.5. The average Bonchev–Trinajstić information content (AvgIpc) is 3.89. The second-order valence-electron chi connectivity index (χ2n) is 17.2. The first-order valence-electron chi connectivity index (χ1n) is 22.4. The molecule has 0 spiro atoms. The molecule has 66 heavy (non-hydrogen) atoms. The number of aromatic nitrogens is 5. The summed E-state index contributed by atoms with van der Waals surface area (Å²) in [6, 6.07) is 80.6. The van der Waals surface area contributed by atoms with Gasteiger partial charge in [-0.3, -0.25) is 0 Å². The number of hydrogen-bond donors (Lipinski definition) is 0. The Morgan fingerprint density at radius 3 is 1.55 bits per heavy atom. The molecule has 0 atom stereocenters. The number of benzene rings is 11. The van der Waals surface area contributed by atoms with E-state index in [-0.39, 0.29) is 0 Å². The van der Waals surface area contributed by atoms with E-state index in [9.17, 15) is 0 Å². The SMILES string of the molecule is c1ccc(-c2nc(-c3ccc4c(ccc5ccccc54)c3)nc(-c3ccc4ccccc4c3-n3c4ccc(-n5c6ccccc6c6ccccc65)cc4c4cc5ccccc5cc43)n2)cc1. The van der Waals surface area contributed by atoms with Gasteiger partial charge in [-0.15, -0.1) is 0 Å². The number of hydrogen-bond acceptors (Lipinski definition) is 3. The molecule has 0 bridgehead atoms. The van der Waals surface area contributed by atoms with Gasteiger partial charge in [-0.25, -0.2) is 15.0 Å². The number of para-hydroxylation sites is 2. The van der Waals surface area contributed by atoms with Crippen LogP contribution in [0, 0.1) is 0 Å². The highest BCUT2D eigenvalue weighted by molar-refractivity contribution is 6.17. The van der Waals surface area contributed by atoms with E-state index >= 15 is 0 Å². The predicted octanol–water partition coefficient (Wildman–Crippen LogP) is 15.7. The molecule has 0 saturated heterocycles. The van der Waals surface area contributed by atoms with E-state index in [1.54, 1.807) is 0 Å². The molecule has 0 aliphatic heterocycles. The molecule has 14 aromatic rings. The van der Waals surface area contributed by atoms with Crippen LogP contribution in [0.1, 0.15) is 0 Å². The third-order valence-electron chi connectivity index (χ3n) is 13.5. The minimum absolute atomic E-state index is 0.607. The van der Waals surface area contributed by atoms with Gasteiger partial charge in [0.25, 0.3) is 0 Å². The lowest BCUT2D eigenvalue weighted by Crippen LogP contribution is -2.04. The fourth-order valence-electron chi connectivity index (χ4n) is 10.4. The maximum Gasteiger partial charge on any atom is 0.166 e. The van der Waals surface area contributed by atoms with Crippen molar-refractivity contribution in [2.45, 2.75) is 0 Å². The Morgan fingerprint density at radius 1 is 0.258 bits per heavy atom. The number of nitrogens with zero attached hydrogens (tertiary/aromatic N) is 5. The van der Waals surface area contributed by atoms with Crippen molar-refractivity contribution in [2.75, 3.05) is 0 Å². The van der Waals surface area contributed by atoms with E-state index in [1.807, 2.05) is 18.2 Å². The van der Waals surface area contributed by atoms with E-state index in [0.29, 0.717) is 17.5 Å². The summed E-state index contributed by atoms with van der Waals surface area (Å²) in [4.78, 5) is 16.0. The normalized spacial score (nSPS) is 11.9. The van der Waals surface area contributed by atoms with Gasteiger partial charge in [0.2, 0.25) is 0 Å². The molecule has 5 heteroatoms. The molecule has 0 unspecified atom stereocenters. The summed E-state index contributed by atoms with van der Waals surface area (Å²) < 4.78 is 4.86. The highest BCUT2D eigenvalue weighted by Gasteiger charge is 2.23. The summed E-state index contributed by atoms with van der Waals surface area (Å²) in [5, 5.41) is 14.2. The van der Waals surface area contributed by atoms with Crippen LogP contribution in [0.15, 0.2) is 224 Å². The maximum atomic E-state index is 5.42. The van der Waals surface area contributed by atoms with E-state index < -0.39 is 0 Å². The Labute approximate surface area is 379 Å².